The maximum atomic E-state index is 12.5. The summed E-state index contributed by atoms with van der Waals surface area (Å²) < 4.78 is 137. The van der Waals surface area contributed by atoms with Crippen LogP contribution < -0.4 is 21.3 Å². The average Bonchev–Trinajstić information content (AvgIpc) is 3.24. The highest BCUT2D eigenvalue weighted by atomic mass is 35.5. The van der Waals surface area contributed by atoms with Crippen LogP contribution in [-0.4, -0.2) is 86.9 Å². The molecule has 0 saturated heterocycles. The summed E-state index contributed by atoms with van der Waals surface area (Å²) in [4.78, 5) is 21.8. The third-order valence-corrected chi connectivity index (χ3v) is 13.2. The number of hydrogen-bond acceptors (Lipinski definition) is 21. The van der Waals surface area contributed by atoms with Gasteiger partial charge in [0.05, 0.1) is 21.2 Å². The van der Waals surface area contributed by atoms with Gasteiger partial charge in [-0.05, 0) is 94.6 Å². The third-order valence-electron chi connectivity index (χ3n) is 9.33. The number of benzene rings is 6. The topological polar surface area (TPSA) is 388 Å². The molecule has 0 aliphatic carbocycles. The van der Waals surface area contributed by atoms with Gasteiger partial charge in [0.1, 0.15) is 21.2 Å². The summed E-state index contributed by atoms with van der Waals surface area (Å²) in [7, 11) is -19.3. The van der Waals surface area contributed by atoms with Gasteiger partial charge in [-0.3, -0.25) is 18.2 Å². The van der Waals surface area contributed by atoms with E-state index in [0.717, 1.165) is 36.4 Å². The van der Waals surface area contributed by atoms with E-state index in [9.17, 15) is 57.0 Å². The van der Waals surface area contributed by atoms with Gasteiger partial charge >= 0.3 is 0 Å². The van der Waals surface area contributed by atoms with Crippen LogP contribution in [0.5, 0.6) is 5.75 Å². The van der Waals surface area contributed by atoms with E-state index in [1.807, 2.05) is 0 Å². The van der Waals surface area contributed by atoms with Gasteiger partial charge in [0.15, 0.2) is 5.75 Å². The molecule has 0 aliphatic rings. The van der Waals surface area contributed by atoms with E-state index in [2.05, 4.69) is 61.4 Å². The first kappa shape index (κ1) is 48.1. The molecule has 0 spiro atoms. The summed E-state index contributed by atoms with van der Waals surface area (Å²) in [5, 5.41) is 29.9. The molecule has 0 atom stereocenters. The van der Waals surface area contributed by atoms with Crippen molar-refractivity contribution in [2.45, 2.75) is 19.6 Å². The van der Waals surface area contributed by atoms with Crippen molar-refractivity contribution in [3.05, 3.63) is 114 Å². The molecule has 0 bridgehead atoms. The van der Waals surface area contributed by atoms with Crippen LogP contribution in [0.2, 0.25) is 10.6 Å². The summed E-state index contributed by atoms with van der Waals surface area (Å²) >= 11 is 12.4. The molecule has 6 aromatic carbocycles. The zero-order chi connectivity index (χ0) is 49.6. The fraction of sp³-hybridized carbons (Fsp3) is 0. The Bertz CT molecular complexity index is 3930. The summed E-state index contributed by atoms with van der Waals surface area (Å²) in [6, 6.07) is 21.8. The Balaban J connectivity index is 1.12. The number of nitrogens with zero attached hydrogens (tertiary/aromatic N) is 8. The molecule has 2 heterocycles. The minimum absolute atomic E-state index is 0.0135. The lowest BCUT2D eigenvalue weighted by atomic mass is 10.1. The lowest BCUT2D eigenvalue weighted by Gasteiger charge is -2.15. The van der Waals surface area contributed by atoms with Crippen LogP contribution in [0.1, 0.15) is 0 Å². The number of halogens is 2. The van der Waals surface area contributed by atoms with Gasteiger partial charge in [0.25, 0.3) is 40.5 Å². The molecule has 8 rings (SSSR count). The molecule has 69 heavy (non-hydrogen) atoms. The highest BCUT2D eigenvalue weighted by molar-refractivity contribution is 7.86. The number of azo groups is 1. The Hall–Kier alpha value is -7.32. The number of fused-ring (bicyclic) bond motifs is 2. The molecule has 0 fully saturated rings. The number of aromatic nitrogens is 6. The predicted molar refractivity (Wildman–Crippen MR) is 249 cm³/mol. The highest BCUT2D eigenvalue weighted by Crippen LogP contribution is 2.43. The van der Waals surface area contributed by atoms with Gasteiger partial charge in [0, 0.05) is 22.1 Å². The van der Waals surface area contributed by atoms with E-state index < -0.39 is 82.3 Å². The van der Waals surface area contributed by atoms with Crippen molar-refractivity contribution >= 4 is 143 Å². The first-order chi connectivity index (χ1) is 32.4. The van der Waals surface area contributed by atoms with Crippen LogP contribution in [0.4, 0.5) is 57.9 Å². The van der Waals surface area contributed by atoms with Crippen molar-refractivity contribution in [2.75, 3.05) is 21.3 Å². The summed E-state index contributed by atoms with van der Waals surface area (Å²) in [5.41, 5.74) is -1.05. The maximum absolute atomic E-state index is 12.5. The second-order valence-electron chi connectivity index (χ2n) is 14.0. The lowest BCUT2D eigenvalue weighted by molar-refractivity contribution is 0.480. The second kappa shape index (κ2) is 18.3. The van der Waals surface area contributed by atoms with Crippen LogP contribution in [-0.2, 0) is 40.5 Å². The maximum Gasteiger partial charge on any atom is 0.297 e. The quantitative estimate of drug-likeness (QED) is 0.0371. The Labute approximate surface area is 398 Å². The van der Waals surface area contributed by atoms with Crippen LogP contribution >= 0.6 is 23.2 Å². The number of phenols is 1. The smallest absolute Gasteiger partial charge is 0.297 e. The standard InChI is InChI=1S/C38H26Cl2N12O13S4/c39-33-45-35(41-20-5-3-6-22(15-20)66(54,55)56)49-37(47-33)43-27-16-21(10-13-29(27)68(60,61)62)42-36-46-34(40)48-38(50-36)44-28-17-23(67(57,58)59)14-19-9-11-25(31(53)30(19)28)51-52-26-12-8-18-4-1-2-7-24(18)32(26)69(63,64)65/h1-17,53H,(H,54,55,56)(H,57,58,59)(H,60,61,62)(H,63,64,65)(H2,41,43,45,47,49)(H2,42,44,46,48,50)/b52-51+. The summed E-state index contributed by atoms with van der Waals surface area (Å²) in [6.45, 7) is 0. The molecule has 2 aromatic heterocycles. The van der Waals surface area contributed by atoms with Gasteiger partial charge < -0.3 is 26.4 Å². The van der Waals surface area contributed by atoms with Crippen LogP contribution in [0.15, 0.2) is 133 Å². The van der Waals surface area contributed by atoms with Crippen LogP contribution in [0.25, 0.3) is 21.5 Å². The van der Waals surface area contributed by atoms with Gasteiger partial charge in [0.2, 0.25) is 34.4 Å². The van der Waals surface area contributed by atoms with E-state index in [-0.39, 0.29) is 68.1 Å². The molecule has 0 saturated carbocycles. The minimum Gasteiger partial charge on any atom is -0.505 e. The van der Waals surface area contributed by atoms with E-state index in [1.165, 1.54) is 48.5 Å². The van der Waals surface area contributed by atoms with Crippen molar-refractivity contribution in [3.63, 3.8) is 0 Å². The number of anilines is 8. The minimum atomic E-state index is -4.94. The molecular weight excluding hydrogens is 1030 g/mol. The van der Waals surface area contributed by atoms with Gasteiger partial charge in [-0.1, -0.05) is 42.5 Å². The fourth-order valence-electron chi connectivity index (χ4n) is 6.51. The Kier molecular flexibility index (Phi) is 12.8. The van der Waals surface area contributed by atoms with Crippen molar-refractivity contribution in [1.82, 2.24) is 29.9 Å². The molecule has 8 aromatic rings. The molecule has 0 radical (unpaired) electrons. The van der Waals surface area contributed by atoms with Crippen molar-refractivity contribution in [3.8, 4) is 5.75 Å². The van der Waals surface area contributed by atoms with Gasteiger partial charge in [-0.25, -0.2) is 0 Å². The molecule has 354 valence electrons. The number of phenolic OH excluding ortho intramolecular Hbond substituents is 1. The van der Waals surface area contributed by atoms with Crippen LogP contribution in [0, 0.1) is 0 Å². The first-order valence-electron chi connectivity index (χ1n) is 18.7. The Morgan fingerprint density at radius 3 is 1.62 bits per heavy atom. The molecule has 25 nitrogen and oxygen atoms in total. The number of rotatable bonds is 14. The van der Waals surface area contributed by atoms with Gasteiger partial charge in [-0.15, -0.1) is 10.2 Å². The molecule has 0 amide bonds. The molecule has 0 aliphatic heterocycles. The van der Waals surface area contributed by atoms with Gasteiger partial charge in [-0.2, -0.15) is 63.6 Å². The summed E-state index contributed by atoms with van der Waals surface area (Å²) in [6.07, 6.45) is 0. The number of aromatic hydroxyl groups is 1. The monoisotopic (exact) mass is 1060 g/mol. The highest BCUT2D eigenvalue weighted by Gasteiger charge is 2.23. The van der Waals surface area contributed by atoms with E-state index >= 15 is 0 Å². The first-order valence-corrected chi connectivity index (χ1v) is 25.2. The molecular formula is C38H26Cl2N12O13S4. The van der Waals surface area contributed by atoms with Crippen LogP contribution in [0.3, 0.4) is 0 Å². The molecule has 9 N–H and O–H groups in total. The predicted octanol–water partition coefficient (Wildman–Crippen LogP) is 7.75. The Morgan fingerprint density at radius 1 is 0.464 bits per heavy atom. The normalized spacial score (nSPS) is 12.4. The largest absolute Gasteiger partial charge is 0.505 e. The Morgan fingerprint density at radius 2 is 1.01 bits per heavy atom. The SMILES string of the molecule is O=S(=O)(O)c1cccc(Nc2nc(Cl)nc(Nc3cc(Nc4nc(Cl)nc(Nc5cc(S(=O)(=O)O)cc6ccc(/N=N/c7ccc8ccccc8c7S(=O)(=O)O)c(O)c56)n4)ccc3S(=O)(=O)O)n2)c1. The lowest BCUT2D eigenvalue weighted by Crippen LogP contribution is -2.09. The number of hydrogen-bond donors (Lipinski definition) is 9. The fourth-order valence-corrected chi connectivity index (χ4v) is 9.37. The number of nitrogens with one attached hydrogen (secondary N) is 4. The van der Waals surface area contributed by atoms with E-state index in [4.69, 9.17) is 23.2 Å². The van der Waals surface area contributed by atoms with E-state index in [0.29, 0.717) is 5.39 Å². The second-order valence-corrected chi connectivity index (χ2v) is 20.2. The van der Waals surface area contributed by atoms with Crippen molar-refractivity contribution < 1.29 is 57.0 Å². The molecule has 0 unspecified atom stereocenters. The third kappa shape index (κ3) is 11.0. The average molecular weight is 1060 g/mol. The van der Waals surface area contributed by atoms with E-state index in [1.54, 1.807) is 18.2 Å². The summed E-state index contributed by atoms with van der Waals surface area (Å²) in [5.74, 6) is -2.03. The zero-order valence-electron chi connectivity index (χ0n) is 33.8. The molecule has 31 heteroatoms. The van der Waals surface area contributed by atoms with Crippen molar-refractivity contribution in [1.29, 1.82) is 0 Å². The van der Waals surface area contributed by atoms with Crippen molar-refractivity contribution in [2.24, 2.45) is 10.2 Å². The zero-order valence-corrected chi connectivity index (χ0v) is 38.6.